The summed E-state index contributed by atoms with van der Waals surface area (Å²) >= 11 is 0. The molecule has 1 fully saturated rings. The van der Waals surface area contributed by atoms with Gasteiger partial charge in [-0.15, -0.1) is 0 Å². The number of benzene rings is 2. The van der Waals surface area contributed by atoms with E-state index in [0.29, 0.717) is 31.1 Å². The van der Waals surface area contributed by atoms with Crippen LogP contribution in [0.15, 0.2) is 48.5 Å². The van der Waals surface area contributed by atoms with Crippen LogP contribution in [0.1, 0.15) is 68.7 Å². The Hall–Kier alpha value is -3.69. The molecule has 44 heavy (non-hydrogen) atoms. The zero-order valence-corrected chi connectivity index (χ0v) is 27.6. The van der Waals surface area contributed by atoms with E-state index in [1.165, 1.54) is 5.56 Å². The maximum Gasteiger partial charge on any atom is 0.349 e. The van der Waals surface area contributed by atoms with Crippen molar-refractivity contribution in [1.82, 2.24) is 19.6 Å². The Morgan fingerprint density at radius 2 is 1.66 bits per heavy atom. The van der Waals surface area contributed by atoms with Crippen molar-refractivity contribution in [1.29, 1.82) is 0 Å². The molecule has 0 atom stereocenters. The summed E-state index contributed by atoms with van der Waals surface area (Å²) in [5.74, 6) is 0.0359. The molecule has 0 aliphatic carbocycles. The van der Waals surface area contributed by atoms with Crippen LogP contribution in [0.2, 0.25) is 0 Å². The van der Waals surface area contributed by atoms with Crippen LogP contribution >= 0.6 is 0 Å². The number of rotatable bonds is 11. The number of ether oxygens (including phenoxy) is 3. The van der Waals surface area contributed by atoms with Crippen LogP contribution in [0.5, 0.6) is 5.75 Å². The number of amides is 1. The second kappa shape index (κ2) is 13.9. The molecule has 238 valence electrons. The standard InChI is InChI=1S/C35H48N4O5/c1-9-43-33(41)35(6,7)44-31-15-10-26(22-25(31)2)24-37(8)32(40)29-23-30(27-11-13-28(14-12-27)34(3,4)5)39(36-29)17-16-38-18-20-42-21-19-38/h10-15,22-23H,9,16-21,24H2,1-8H3. The summed E-state index contributed by atoms with van der Waals surface area (Å²) in [6.07, 6.45) is 0. The van der Waals surface area contributed by atoms with Gasteiger partial charge in [-0.05, 0) is 67.5 Å². The van der Waals surface area contributed by atoms with Crippen LogP contribution in [0, 0.1) is 6.92 Å². The predicted octanol–water partition coefficient (Wildman–Crippen LogP) is 5.48. The lowest BCUT2D eigenvalue weighted by atomic mass is 9.86. The SMILES string of the molecule is CCOC(=O)C(C)(C)Oc1ccc(CN(C)C(=O)c2cc(-c3ccc(C(C)(C)C)cc3)n(CCN3CCOCC3)n2)cc1C. The second-order valence-electron chi connectivity index (χ2n) is 13.0. The molecule has 0 N–H and O–H groups in total. The fourth-order valence-corrected chi connectivity index (χ4v) is 5.21. The minimum absolute atomic E-state index is 0.0543. The fraction of sp³-hybridized carbons (Fsp3) is 0.514. The second-order valence-corrected chi connectivity index (χ2v) is 13.0. The molecule has 0 spiro atoms. The smallest absolute Gasteiger partial charge is 0.349 e. The third-order valence-corrected chi connectivity index (χ3v) is 7.92. The van der Waals surface area contributed by atoms with E-state index in [-0.39, 0.29) is 11.3 Å². The number of morpholine rings is 1. The zero-order valence-electron chi connectivity index (χ0n) is 27.6. The van der Waals surface area contributed by atoms with Crippen molar-refractivity contribution in [3.63, 3.8) is 0 Å². The predicted molar refractivity (Wildman–Crippen MR) is 172 cm³/mol. The van der Waals surface area contributed by atoms with E-state index in [1.807, 2.05) is 35.9 Å². The first-order valence-electron chi connectivity index (χ1n) is 15.5. The van der Waals surface area contributed by atoms with Crippen LogP contribution in [0.25, 0.3) is 11.3 Å². The van der Waals surface area contributed by atoms with Gasteiger partial charge in [0, 0.05) is 33.2 Å². The first-order valence-corrected chi connectivity index (χ1v) is 15.5. The van der Waals surface area contributed by atoms with E-state index in [4.69, 9.17) is 19.3 Å². The average Bonchev–Trinajstić information content (AvgIpc) is 3.41. The topological polar surface area (TPSA) is 86.1 Å². The van der Waals surface area contributed by atoms with Crippen molar-refractivity contribution in [3.05, 3.63) is 70.9 Å². The van der Waals surface area contributed by atoms with Crippen LogP contribution in [0.4, 0.5) is 0 Å². The molecule has 0 saturated carbocycles. The Morgan fingerprint density at radius 3 is 2.27 bits per heavy atom. The highest BCUT2D eigenvalue weighted by molar-refractivity contribution is 5.93. The van der Waals surface area contributed by atoms with Gasteiger partial charge in [-0.2, -0.15) is 5.10 Å². The molecule has 1 aliphatic heterocycles. The van der Waals surface area contributed by atoms with Gasteiger partial charge in [-0.1, -0.05) is 57.2 Å². The summed E-state index contributed by atoms with van der Waals surface area (Å²) in [4.78, 5) is 30.0. The van der Waals surface area contributed by atoms with Gasteiger partial charge in [0.1, 0.15) is 5.75 Å². The minimum Gasteiger partial charge on any atom is -0.476 e. The van der Waals surface area contributed by atoms with Crippen molar-refractivity contribution in [2.24, 2.45) is 0 Å². The van der Waals surface area contributed by atoms with Crippen LogP contribution < -0.4 is 4.74 Å². The molecule has 2 heterocycles. The van der Waals surface area contributed by atoms with Crippen molar-refractivity contribution in [3.8, 4) is 17.0 Å². The van der Waals surface area contributed by atoms with E-state index in [1.54, 1.807) is 32.7 Å². The first-order chi connectivity index (χ1) is 20.8. The van der Waals surface area contributed by atoms with Crippen LogP contribution in [-0.4, -0.2) is 83.6 Å². The van der Waals surface area contributed by atoms with Gasteiger partial charge < -0.3 is 19.1 Å². The van der Waals surface area contributed by atoms with Crippen LogP contribution in [-0.2, 0) is 32.8 Å². The molecule has 3 aromatic rings. The van der Waals surface area contributed by atoms with Crippen molar-refractivity contribution < 1.29 is 23.8 Å². The number of carbonyl (C=O) groups is 2. The monoisotopic (exact) mass is 604 g/mol. The lowest BCUT2D eigenvalue weighted by Gasteiger charge is -2.26. The van der Waals surface area contributed by atoms with Gasteiger partial charge in [0.15, 0.2) is 11.3 Å². The Bertz CT molecular complexity index is 1430. The van der Waals surface area contributed by atoms with Crippen molar-refractivity contribution in [2.45, 2.75) is 72.6 Å². The minimum atomic E-state index is -1.11. The molecule has 0 unspecified atom stereocenters. The van der Waals surface area contributed by atoms with E-state index in [2.05, 4.69) is 49.9 Å². The summed E-state index contributed by atoms with van der Waals surface area (Å²) in [5, 5.41) is 4.81. The Kier molecular flexibility index (Phi) is 10.5. The number of carbonyl (C=O) groups excluding carboxylic acids is 2. The third-order valence-electron chi connectivity index (χ3n) is 7.92. The highest BCUT2D eigenvalue weighted by atomic mass is 16.6. The lowest BCUT2D eigenvalue weighted by molar-refractivity contribution is -0.158. The van der Waals surface area contributed by atoms with Gasteiger partial charge in [-0.3, -0.25) is 14.4 Å². The van der Waals surface area contributed by atoms with Gasteiger partial charge in [0.25, 0.3) is 5.91 Å². The molecule has 1 aromatic heterocycles. The molecule has 1 amide bonds. The number of esters is 1. The number of hydrogen-bond donors (Lipinski definition) is 0. The summed E-state index contributed by atoms with van der Waals surface area (Å²) < 4.78 is 18.6. The molecule has 9 nitrogen and oxygen atoms in total. The molecule has 2 aromatic carbocycles. The molecular weight excluding hydrogens is 556 g/mol. The van der Waals surface area contributed by atoms with Crippen LogP contribution in [0.3, 0.4) is 0 Å². The number of aryl methyl sites for hydroxylation is 1. The molecule has 4 rings (SSSR count). The van der Waals surface area contributed by atoms with E-state index in [9.17, 15) is 9.59 Å². The van der Waals surface area contributed by atoms with Crippen molar-refractivity contribution in [2.75, 3.05) is 46.5 Å². The third kappa shape index (κ3) is 8.27. The van der Waals surface area contributed by atoms with E-state index >= 15 is 0 Å². The maximum absolute atomic E-state index is 13.7. The summed E-state index contributed by atoms with van der Waals surface area (Å²) in [6, 6.07) is 16.2. The quantitative estimate of drug-likeness (QED) is 0.268. The zero-order chi connectivity index (χ0) is 32.1. The molecular formula is C35H48N4O5. The van der Waals surface area contributed by atoms with Gasteiger partial charge in [0.2, 0.25) is 0 Å². The highest BCUT2D eigenvalue weighted by Gasteiger charge is 2.32. The molecule has 1 saturated heterocycles. The average molecular weight is 605 g/mol. The summed E-state index contributed by atoms with van der Waals surface area (Å²) in [7, 11) is 1.79. The normalized spacial score (nSPS) is 14.4. The summed E-state index contributed by atoms with van der Waals surface area (Å²) in [5.41, 5.74) is 4.39. The van der Waals surface area contributed by atoms with Gasteiger partial charge >= 0.3 is 5.97 Å². The fourth-order valence-electron chi connectivity index (χ4n) is 5.21. The number of nitrogens with zero attached hydrogens (tertiary/aromatic N) is 4. The van der Waals surface area contributed by atoms with E-state index < -0.39 is 11.6 Å². The maximum atomic E-state index is 13.7. The van der Waals surface area contributed by atoms with Crippen molar-refractivity contribution >= 4 is 11.9 Å². The van der Waals surface area contributed by atoms with Gasteiger partial charge in [0.05, 0.1) is 32.1 Å². The van der Waals surface area contributed by atoms with Gasteiger partial charge in [-0.25, -0.2) is 4.79 Å². The Morgan fingerprint density at radius 1 is 0.977 bits per heavy atom. The Balaban J connectivity index is 1.51. The number of aromatic nitrogens is 2. The summed E-state index contributed by atoms with van der Waals surface area (Å²) in [6.45, 7) is 19.2. The Labute approximate surface area is 262 Å². The highest BCUT2D eigenvalue weighted by Crippen LogP contribution is 2.28. The number of hydrogen-bond acceptors (Lipinski definition) is 7. The molecule has 1 aliphatic rings. The molecule has 0 bridgehead atoms. The molecule has 0 radical (unpaired) electrons. The molecule has 9 heteroatoms. The van der Waals surface area contributed by atoms with E-state index in [0.717, 1.165) is 55.2 Å². The lowest BCUT2D eigenvalue weighted by Crippen LogP contribution is -2.39. The largest absolute Gasteiger partial charge is 0.476 e. The first kappa shape index (κ1) is 33.2.